The second-order valence-electron chi connectivity index (χ2n) is 4.26. The maximum Gasteiger partial charge on any atom is 0.251 e. The van der Waals surface area contributed by atoms with Crippen molar-refractivity contribution in [1.82, 2.24) is 15.1 Å². The number of nitrogens with zero attached hydrogens (tertiary/aromatic N) is 2. The third-order valence-electron chi connectivity index (χ3n) is 2.81. The first-order chi connectivity index (χ1) is 9.19. The van der Waals surface area contributed by atoms with Gasteiger partial charge in [0.1, 0.15) is 5.75 Å². The lowest BCUT2D eigenvalue weighted by molar-refractivity contribution is 0.0954. The number of hydrogen-bond donors (Lipinski definition) is 1. The van der Waals surface area contributed by atoms with E-state index in [4.69, 9.17) is 4.74 Å². The van der Waals surface area contributed by atoms with Crippen LogP contribution in [0.2, 0.25) is 0 Å². The molecule has 2 rings (SSSR count). The molecule has 0 fully saturated rings. The zero-order valence-corrected chi connectivity index (χ0v) is 11.1. The number of benzene rings is 1. The highest BCUT2D eigenvalue weighted by atomic mass is 16.5. The molecule has 1 N–H and O–H groups in total. The van der Waals surface area contributed by atoms with Gasteiger partial charge in [0.15, 0.2) is 0 Å². The molecule has 100 valence electrons. The average molecular weight is 259 g/mol. The predicted octanol–water partition coefficient (Wildman–Crippen LogP) is 1.40. The zero-order chi connectivity index (χ0) is 13.7. The van der Waals surface area contributed by atoms with Crippen LogP contribution in [0.25, 0.3) is 0 Å². The standard InChI is InChI=1S/C14H17N3O2/c1-17-10-11(9-16-17)7-8-15-14(18)12-3-5-13(19-2)6-4-12/h3-6,9-10H,7-8H2,1-2H3,(H,15,18). The summed E-state index contributed by atoms with van der Waals surface area (Å²) in [6.07, 6.45) is 4.52. The van der Waals surface area contributed by atoms with Crippen molar-refractivity contribution in [2.75, 3.05) is 13.7 Å². The van der Waals surface area contributed by atoms with Crippen molar-refractivity contribution in [3.05, 3.63) is 47.8 Å². The topological polar surface area (TPSA) is 56.1 Å². The number of ether oxygens (including phenoxy) is 1. The van der Waals surface area contributed by atoms with Crippen LogP contribution in [-0.4, -0.2) is 29.3 Å². The van der Waals surface area contributed by atoms with Crippen LogP contribution in [0.1, 0.15) is 15.9 Å². The van der Waals surface area contributed by atoms with E-state index >= 15 is 0 Å². The van der Waals surface area contributed by atoms with E-state index in [1.54, 1.807) is 42.3 Å². The summed E-state index contributed by atoms with van der Waals surface area (Å²) in [5.74, 6) is 0.665. The number of carbonyl (C=O) groups is 1. The van der Waals surface area contributed by atoms with Crippen LogP contribution in [0.4, 0.5) is 0 Å². The molecule has 0 unspecified atom stereocenters. The molecular weight excluding hydrogens is 242 g/mol. The van der Waals surface area contributed by atoms with E-state index in [1.807, 2.05) is 13.2 Å². The van der Waals surface area contributed by atoms with Crippen LogP contribution >= 0.6 is 0 Å². The summed E-state index contributed by atoms with van der Waals surface area (Å²) < 4.78 is 6.80. The Bertz CT molecular complexity index is 546. The number of aryl methyl sites for hydroxylation is 1. The monoisotopic (exact) mass is 259 g/mol. The Morgan fingerprint density at radius 1 is 1.37 bits per heavy atom. The van der Waals surface area contributed by atoms with Gasteiger partial charge in [-0.2, -0.15) is 5.10 Å². The SMILES string of the molecule is COc1ccc(C(=O)NCCc2cnn(C)c2)cc1. The maximum absolute atomic E-state index is 11.9. The van der Waals surface area contributed by atoms with Gasteiger partial charge in [-0.25, -0.2) is 0 Å². The minimum atomic E-state index is -0.0773. The number of methoxy groups -OCH3 is 1. The molecule has 0 radical (unpaired) electrons. The quantitative estimate of drug-likeness (QED) is 0.883. The van der Waals surface area contributed by atoms with E-state index in [0.29, 0.717) is 12.1 Å². The largest absolute Gasteiger partial charge is 0.497 e. The Morgan fingerprint density at radius 3 is 2.68 bits per heavy atom. The third kappa shape index (κ3) is 3.58. The zero-order valence-electron chi connectivity index (χ0n) is 11.1. The molecule has 0 aliphatic rings. The molecular formula is C14H17N3O2. The minimum Gasteiger partial charge on any atom is -0.497 e. The Morgan fingerprint density at radius 2 is 2.11 bits per heavy atom. The van der Waals surface area contributed by atoms with Crippen molar-refractivity contribution in [3.63, 3.8) is 0 Å². The number of nitrogens with one attached hydrogen (secondary N) is 1. The number of hydrogen-bond acceptors (Lipinski definition) is 3. The normalized spacial score (nSPS) is 10.2. The van der Waals surface area contributed by atoms with E-state index in [0.717, 1.165) is 17.7 Å². The van der Waals surface area contributed by atoms with Gasteiger partial charge in [-0.3, -0.25) is 9.48 Å². The summed E-state index contributed by atoms with van der Waals surface area (Å²) in [6.45, 7) is 0.594. The highest BCUT2D eigenvalue weighted by molar-refractivity contribution is 5.94. The molecule has 1 amide bonds. The third-order valence-corrected chi connectivity index (χ3v) is 2.81. The maximum atomic E-state index is 11.9. The summed E-state index contributed by atoms with van der Waals surface area (Å²) in [6, 6.07) is 7.04. The Balaban J connectivity index is 1.83. The van der Waals surface area contributed by atoms with Crippen molar-refractivity contribution in [1.29, 1.82) is 0 Å². The van der Waals surface area contributed by atoms with Crippen LogP contribution in [0.5, 0.6) is 5.75 Å². The molecule has 2 aromatic rings. The highest BCUT2D eigenvalue weighted by Crippen LogP contribution is 2.11. The summed E-state index contributed by atoms with van der Waals surface area (Å²) in [5.41, 5.74) is 1.74. The molecule has 1 aromatic heterocycles. The van der Waals surface area contributed by atoms with E-state index in [-0.39, 0.29) is 5.91 Å². The van der Waals surface area contributed by atoms with Crippen molar-refractivity contribution < 1.29 is 9.53 Å². The summed E-state index contributed by atoms with van der Waals surface area (Å²) in [7, 11) is 3.47. The molecule has 1 heterocycles. The van der Waals surface area contributed by atoms with Gasteiger partial charge in [0.25, 0.3) is 5.91 Å². The molecule has 5 nitrogen and oxygen atoms in total. The van der Waals surface area contributed by atoms with Crippen LogP contribution < -0.4 is 10.1 Å². The van der Waals surface area contributed by atoms with Crippen molar-refractivity contribution in [3.8, 4) is 5.75 Å². The number of aromatic nitrogens is 2. The Kier molecular flexibility index (Phi) is 4.18. The molecule has 0 saturated heterocycles. The van der Waals surface area contributed by atoms with Gasteiger partial charge in [0, 0.05) is 25.4 Å². The fourth-order valence-electron chi connectivity index (χ4n) is 1.77. The average Bonchev–Trinajstić information content (AvgIpc) is 2.84. The highest BCUT2D eigenvalue weighted by Gasteiger charge is 2.05. The van der Waals surface area contributed by atoms with Crippen molar-refractivity contribution in [2.24, 2.45) is 7.05 Å². The molecule has 0 bridgehead atoms. The van der Waals surface area contributed by atoms with E-state index < -0.39 is 0 Å². The fraction of sp³-hybridized carbons (Fsp3) is 0.286. The lowest BCUT2D eigenvalue weighted by Crippen LogP contribution is -2.25. The van der Waals surface area contributed by atoms with E-state index in [1.165, 1.54) is 0 Å². The number of amides is 1. The summed E-state index contributed by atoms with van der Waals surface area (Å²) in [5, 5.41) is 6.96. The Hall–Kier alpha value is -2.30. The first-order valence-electron chi connectivity index (χ1n) is 6.09. The van der Waals surface area contributed by atoms with Gasteiger partial charge in [-0.05, 0) is 36.2 Å². The molecule has 0 aliphatic heterocycles. The van der Waals surface area contributed by atoms with Crippen LogP contribution in [-0.2, 0) is 13.5 Å². The van der Waals surface area contributed by atoms with Crippen LogP contribution in [0.3, 0.4) is 0 Å². The van der Waals surface area contributed by atoms with Crippen molar-refractivity contribution in [2.45, 2.75) is 6.42 Å². The molecule has 0 aliphatic carbocycles. The molecule has 1 aromatic carbocycles. The fourth-order valence-corrected chi connectivity index (χ4v) is 1.77. The Labute approximate surface area is 112 Å². The molecule has 5 heteroatoms. The molecule has 0 spiro atoms. The van der Waals surface area contributed by atoms with Gasteiger partial charge in [-0.15, -0.1) is 0 Å². The van der Waals surface area contributed by atoms with Crippen LogP contribution in [0, 0.1) is 0 Å². The van der Waals surface area contributed by atoms with Gasteiger partial charge in [-0.1, -0.05) is 0 Å². The first kappa shape index (κ1) is 13.1. The second kappa shape index (κ2) is 6.04. The molecule has 19 heavy (non-hydrogen) atoms. The van der Waals surface area contributed by atoms with Gasteiger partial charge >= 0.3 is 0 Å². The molecule has 0 saturated carbocycles. The predicted molar refractivity (Wildman–Crippen MR) is 72.2 cm³/mol. The van der Waals surface area contributed by atoms with Gasteiger partial charge in [0.05, 0.1) is 13.3 Å². The number of rotatable bonds is 5. The lowest BCUT2D eigenvalue weighted by atomic mass is 10.2. The molecule has 0 atom stereocenters. The van der Waals surface area contributed by atoms with Gasteiger partial charge < -0.3 is 10.1 Å². The van der Waals surface area contributed by atoms with Crippen LogP contribution in [0.15, 0.2) is 36.7 Å². The summed E-state index contributed by atoms with van der Waals surface area (Å²) in [4.78, 5) is 11.9. The van der Waals surface area contributed by atoms with E-state index in [9.17, 15) is 4.79 Å². The van der Waals surface area contributed by atoms with Crippen molar-refractivity contribution >= 4 is 5.91 Å². The smallest absolute Gasteiger partial charge is 0.251 e. The minimum absolute atomic E-state index is 0.0773. The number of carbonyl (C=O) groups excluding carboxylic acids is 1. The lowest BCUT2D eigenvalue weighted by Gasteiger charge is -2.05. The van der Waals surface area contributed by atoms with Gasteiger partial charge in [0.2, 0.25) is 0 Å². The summed E-state index contributed by atoms with van der Waals surface area (Å²) >= 11 is 0. The second-order valence-corrected chi connectivity index (χ2v) is 4.26. The van der Waals surface area contributed by atoms with E-state index in [2.05, 4.69) is 10.4 Å². The first-order valence-corrected chi connectivity index (χ1v) is 6.09.